The Kier molecular flexibility index (Phi) is 7.23. The van der Waals surface area contributed by atoms with Crippen molar-refractivity contribution in [1.29, 1.82) is 0 Å². The molecule has 0 saturated carbocycles. The lowest BCUT2D eigenvalue weighted by atomic mass is 10.0. The van der Waals surface area contributed by atoms with Crippen LogP contribution < -0.4 is 5.73 Å². The minimum atomic E-state index is -0.239. The van der Waals surface area contributed by atoms with Crippen LogP contribution in [0.5, 0.6) is 0 Å². The Balaban J connectivity index is 3.86. The van der Waals surface area contributed by atoms with Gasteiger partial charge in [-0.25, -0.2) is 0 Å². The van der Waals surface area contributed by atoms with Gasteiger partial charge in [0, 0.05) is 13.2 Å². The second kappa shape index (κ2) is 7.30. The Morgan fingerprint density at radius 2 is 1.54 bits per heavy atom. The van der Waals surface area contributed by atoms with E-state index in [2.05, 4.69) is 13.8 Å². The normalized spacial score (nSPS) is 14.1. The highest BCUT2D eigenvalue weighted by Crippen LogP contribution is 2.09. The van der Waals surface area contributed by atoms with E-state index in [4.69, 9.17) is 15.2 Å². The van der Waals surface area contributed by atoms with E-state index >= 15 is 0 Å². The summed E-state index contributed by atoms with van der Waals surface area (Å²) in [5, 5.41) is 0. The standard InChI is InChI=1S/C10H23NO2/c1-5-12-10(13-6-2)9(11)7-8(3)4/h8-10H,5-7,11H2,1-4H3/t9-/m0/s1. The van der Waals surface area contributed by atoms with Crippen molar-refractivity contribution in [2.24, 2.45) is 11.7 Å². The summed E-state index contributed by atoms with van der Waals surface area (Å²) in [6.07, 6.45) is 0.697. The molecule has 1 atom stereocenters. The van der Waals surface area contributed by atoms with E-state index in [0.717, 1.165) is 6.42 Å². The van der Waals surface area contributed by atoms with Gasteiger partial charge < -0.3 is 15.2 Å². The van der Waals surface area contributed by atoms with Crippen molar-refractivity contribution in [3.8, 4) is 0 Å². The largest absolute Gasteiger partial charge is 0.351 e. The van der Waals surface area contributed by atoms with Gasteiger partial charge in [0.25, 0.3) is 0 Å². The zero-order valence-corrected chi connectivity index (χ0v) is 9.25. The average molecular weight is 189 g/mol. The van der Waals surface area contributed by atoms with Crippen LogP contribution in [0.15, 0.2) is 0 Å². The van der Waals surface area contributed by atoms with Crippen LogP contribution in [0.2, 0.25) is 0 Å². The third kappa shape index (κ3) is 6.02. The van der Waals surface area contributed by atoms with Crippen LogP contribution in [0.4, 0.5) is 0 Å². The van der Waals surface area contributed by atoms with E-state index < -0.39 is 0 Å². The zero-order valence-electron chi connectivity index (χ0n) is 9.25. The van der Waals surface area contributed by atoms with Crippen molar-refractivity contribution >= 4 is 0 Å². The van der Waals surface area contributed by atoms with Gasteiger partial charge in [-0.2, -0.15) is 0 Å². The third-order valence-electron chi connectivity index (χ3n) is 1.76. The molecule has 0 aliphatic rings. The van der Waals surface area contributed by atoms with Gasteiger partial charge in [-0.15, -0.1) is 0 Å². The maximum atomic E-state index is 5.94. The van der Waals surface area contributed by atoms with Crippen LogP contribution in [-0.2, 0) is 9.47 Å². The van der Waals surface area contributed by atoms with Gasteiger partial charge in [0.05, 0.1) is 6.04 Å². The maximum Gasteiger partial charge on any atom is 0.172 e. The van der Waals surface area contributed by atoms with Crippen LogP contribution in [0, 0.1) is 5.92 Å². The van der Waals surface area contributed by atoms with Crippen LogP contribution in [0.1, 0.15) is 34.1 Å². The van der Waals surface area contributed by atoms with E-state index in [1.807, 2.05) is 13.8 Å². The number of hydrogen-bond acceptors (Lipinski definition) is 3. The summed E-state index contributed by atoms with van der Waals surface area (Å²) in [4.78, 5) is 0. The highest BCUT2D eigenvalue weighted by molar-refractivity contribution is 4.67. The van der Waals surface area contributed by atoms with E-state index in [0.29, 0.717) is 19.1 Å². The maximum absolute atomic E-state index is 5.94. The smallest absolute Gasteiger partial charge is 0.172 e. The van der Waals surface area contributed by atoms with E-state index in [1.165, 1.54) is 0 Å². The van der Waals surface area contributed by atoms with Gasteiger partial charge in [0.15, 0.2) is 6.29 Å². The predicted octanol–water partition coefficient (Wildman–Crippen LogP) is 1.76. The van der Waals surface area contributed by atoms with Gasteiger partial charge in [-0.1, -0.05) is 13.8 Å². The summed E-state index contributed by atoms with van der Waals surface area (Å²) in [5.74, 6) is 0.582. The molecular weight excluding hydrogens is 166 g/mol. The second-order valence-electron chi connectivity index (χ2n) is 3.57. The Morgan fingerprint density at radius 3 is 1.85 bits per heavy atom. The topological polar surface area (TPSA) is 44.5 Å². The molecule has 0 aromatic carbocycles. The molecule has 13 heavy (non-hydrogen) atoms. The van der Waals surface area contributed by atoms with E-state index in [1.54, 1.807) is 0 Å². The molecule has 0 spiro atoms. The van der Waals surface area contributed by atoms with Crippen molar-refractivity contribution in [2.45, 2.75) is 46.4 Å². The van der Waals surface area contributed by atoms with Gasteiger partial charge in [-0.05, 0) is 26.2 Å². The van der Waals surface area contributed by atoms with Crippen LogP contribution >= 0.6 is 0 Å². The Labute approximate surface area is 81.6 Å². The highest BCUT2D eigenvalue weighted by Gasteiger charge is 2.18. The van der Waals surface area contributed by atoms with Gasteiger partial charge in [0.2, 0.25) is 0 Å². The van der Waals surface area contributed by atoms with Crippen LogP contribution in [0.25, 0.3) is 0 Å². The molecular formula is C10H23NO2. The fourth-order valence-electron chi connectivity index (χ4n) is 1.28. The first-order chi connectivity index (χ1) is 6.11. The van der Waals surface area contributed by atoms with Crippen LogP contribution in [-0.4, -0.2) is 25.5 Å². The lowest BCUT2D eigenvalue weighted by Gasteiger charge is -2.24. The molecule has 0 amide bonds. The average Bonchev–Trinajstić information content (AvgIpc) is 2.02. The molecule has 0 aromatic rings. The summed E-state index contributed by atoms with van der Waals surface area (Å²) < 4.78 is 10.8. The first-order valence-electron chi connectivity index (χ1n) is 5.10. The Morgan fingerprint density at radius 1 is 1.08 bits per heavy atom. The van der Waals surface area contributed by atoms with E-state index in [9.17, 15) is 0 Å². The highest BCUT2D eigenvalue weighted by atomic mass is 16.7. The summed E-state index contributed by atoms with van der Waals surface area (Å²) >= 11 is 0. The third-order valence-corrected chi connectivity index (χ3v) is 1.76. The Hall–Kier alpha value is -0.120. The second-order valence-corrected chi connectivity index (χ2v) is 3.57. The zero-order chi connectivity index (χ0) is 10.3. The number of hydrogen-bond donors (Lipinski definition) is 1. The molecule has 0 aromatic heterocycles. The molecule has 0 rings (SSSR count). The summed E-state index contributed by atoms with van der Waals surface area (Å²) in [7, 11) is 0. The Bertz CT molecular complexity index is 111. The molecule has 0 aliphatic carbocycles. The number of nitrogens with two attached hydrogens (primary N) is 1. The van der Waals surface area contributed by atoms with Gasteiger partial charge >= 0.3 is 0 Å². The molecule has 0 radical (unpaired) electrons. The quantitative estimate of drug-likeness (QED) is 0.621. The summed E-state index contributed by atoms with van der Waals surface area (Å²) in [5.41, 5.74) is 5.94. The fraction of sp³-hybridized carbons (Fsp3) is 1.00. The van der Waals surface area contributed by atoms with Gasteiger partial charge in [-0.3, -0.25) is 0 Å². The molecule has 80 valence electrons. The summed E-state index contributed by atoms with van der Waals surface area (Å²) in [6.45, 7) is 9.50. The van der Waals surface area contributed by atoms with E-state index in [-0.39, 0.29) is 12.3 Å². The van der Waals surface area contributed by atoms with Crippen molar-refractivity contribution < 1.29 is 9.47 Å². The van der Waals surface area contributed by atoms with Gasteiger partial charge in [0.1, 0.15) is 0 Å². The lowest BCUT2D eigenvalue weighted by Crippen LogP contribution is -2.39. The van der Waals surface area contributed by atoms with Crippen molar-refractivity contribution in [1.82, 2.24) is 0 Å². The molecule has 0 fully saturated rings. The molecule has 0 saturated heterocycles. The minimum Gasteiger partial charge on any atom is -0.351 e. The molecule has 3 heteroatoms. The molecule has 0 aliphatic heterocycles. The molecule has 0 heterocycles. The van der Waals surface area contributed by atoms with Crippen molar-refractivity contribution in [3.63, 3.8) is 0 Å². The monoisotopic (exact) mass is 189 g/mol. The molecule has 3 nitrogen and oxygen atoms in total. The minimum absolute atomic E-state index is 0.0140. The molecule has 2 N–H and O–H groups in total. The fourth-order valence-corrected chi connectivity index (χ4v) is 1.28. The first kappa shape index (κ1) is 12.9. The van der Waals surface area contributed by atoms with Crippen molar-refractivity contribution in [2.75, 3.05) is 13.2 Å². The molecule has 0 unspecified atom stereocenters. The number of rotatable bonds is 7. The SMILES string of the molecule is CCOC(OCC)[C@@H](N)CC(C)C. The van der Waals surface area contributed by atoms with Crippen LogP contribution in [0.3, 0.4) is 0 Å². The predicted molar refractivity (Wildman–Crippen MR) is 54.5 cm³/mol. The first-order valence-corrected chi connectivity index (χ1v) is 5.10. The number of ether oxygens (including phenoxy) is 2. The summed E-state index contributed by atoms with van der Waals surface area (Å²) in [6, 6.07) is -0.0140. The lowest BCUT2D eigenvalue weighted by molar-refractivity contribution is -0.150. The molecule has 0 bridgehead atoms. The van der Waals surface area contributed by atoms with Crippen molar-refractivity contribution in [3.05, 3.63) is 0 Å².